The zero-order valence-electron chi connectivity index (χ0n) is 8.75. The summed E-state index contributed by atoms with van der Waals surface area (Å²) in [5.74, 6) is 0.331. The molecule has 1 rings (SSSR count). The van der Waals surface area contributed by atoms with Crippen LogP contribution in [0.5, 0.6) is 0 Å². The Hall–Kier alpha value is -1.09. The van der Waals surface area contributed by atoms with Crippen LogP contribution in [0.2, 0.25) is 0 Å². The fourth-order valence-electron chi connectivity index (χ4n) is 1.24. The molecule has 0 aromatic carbocycles. The number of rotatable bonds is 6. The number of ketones is 1. The second-order valence-corrected chi connectivity index (χ2v) is 3.48. The van der Waals surface area contributed by atoms with Crippen molar-refractivity contribution in [3.63, 3.8) is 0 Å². The van der Waals surface area contributed by atoms with Gasteiger partial charge in [0.05, 0.1) is 12.5 Å². The summed E-state index contributed by atoms with van der Waals surface area (Å²) < 4.78 is 4.91. The lowest BCUT2D eigenvalue weighted by molar-refractivity contribution is -0.121. The first kappa shape index (κ1) is 11.0. The molecule has 1 aromatic heterocycles. The van der Waals surface area contributed by atoms with Gasteiger partial charge in [0.1, 0.15) is 5.78 Å². The van der Waals surface area contributed by atoms with Crippen LogP contribution in [-0.4, -0.2) is 18.9 Å². The number of hydrogen-bond donors (Lipinski definition) is 1. The zero-order chi connectivity index (χ0) is 10.4. The molecule has 0 fully saturated rings. The average molecular weight is 195 g/mol. The van der Waals surface area contributed by atoms with Crippen LogP contribution in [0.25, 0.3) is 0 Å². The smallest absolute Gasteiger partial charge is 0.141 e. The molecule has 1 heterocycles. The van der Waals surface area contributed by atoms with Gasteiger partial charge in [-0.2, -0.15) is 0 Å². The third-order valence-corrected chi connectivity index (χ3v) is 2.21. The van der Waals surface area contributed by atoms with Crippen molar-refractivity contribution in [2.75, 3.05) is 13.1 Å². The molecule has 0 radical (unpaired) electrons. The predicted octanol–water partition coefficient (Wildman–Crippen LogP) is 1.64. The van der Waals surface area contributed by atoms with Gasteiger partial charge in [-0.25, -0.2) is 0 Å². The molecule has 0 spiro atoms. The van der Waals surface area contributed by atoms with Gasteiger partial charge in [0.15, 0.2) is 0 Å². The number of Topliss-reactive ketones (excluding diaryl/α,β-unsaturated/α-hetero) is 1. The highest BCUT2D eigenvalue weighted by Crippen LogP contribution is 2.06. The fourth-order valence-corrected chi connectivity index (χ4v) is 1.24. The molecule has 1 unspecified atom stereocenters. The Balaban J connectivity index is 2.34. The van der Waals surface area contributed by atoms with Crippen molar-refractivity contribution in [2.24, 2.45) is 5.92 Å². The lowest BCUT2D eigenvalue weighted by atomic mass is 10.0. The van der Waals surface area contributed by atoms with Gasteiger partial charge in [0.2, 0.25) is 0 Å². The number of furan rings is 1. The van der Waals surface area contributed by atoms with E-state index in [4.69, 9.17) is 4.42 Å². The van der Waals surface area contributed by atoms with Crippen molar-refractivity contribution >= 4 is 5.78 Å². The summed E-state index contributed by atoms with van der Waals surface area (Å²) in [6.45, 7) is 5.65. The van der Waals surface area contributed by atoms with Crippen LogP contribution in [0.1, 0.15) is 19.4 Å². The van der Waals surface area contributed by atoms with Crippen molar-refractivity contribution in [3.8, 4) is 0 Å². The summed E-state index contributed by atoms with van der Waals surface area (Å²) >= 11 is 0. The molecular formula is C11H17NO2. The van der Waals surface area contributed by atoms with E-state index in [-0.39, 0.29) is 11.7 Å². The van der Waals surface area contributed by atoms with Crippen molar-refractivity contribution in [2.45, 2.75) is 20.3 Å². The van der Waals surface area contributed by atoms with Gasteiger partial charge < -0.3 is 9.73 Å². The van der Waals surface area contributed by atoms with Crippen molar-refractivity contribution < 1.29 is 9.21 Å². The third-order valence-electron chi connectivity index (χ3n) is 2.21. The zero-order valence-corrected chi connectivity index (χ0v) is 8.75. The highest BCUT2D eigenvalue weighted by molar-refractivity contribution is 5.83. The maximum atomic E-state index is 11.6. The van der Waals surface area contributed by atoms with Gasteiger partial charge in [0.25, 0.3) is 0 Å². The van der Waals surface area contributed by atoms with E-state index in [1.165, 1.54) is 0 Å². The van der Waals surface area contributed by atoms with Crippen LogP contribution in [0.15, 0.2) is 23.0 Å². The standard InChI is InChI=1S/C11H17NO2/c1-3-12-7-9(2)11(13)6-10-4-5-14-8-10/h4-5,8-9,12H,3,6-7H2,1-2H3. The number of nitrogens with one attached hydrogen (secondary N) is 1. The predicted molar refractivity (Wildman–Crippen MR) is 55.1 cm³/mol. The van der Waals surface area contributed by atoms with E-state index >= 15 is 0 Å². The summed E-state index contributed by atoms with van der Waals surface area (Å²) in [7, 11) is 0. The molecule has 0 aliphatic carbocycles. The normalized spacial score (nSPS) is 12.7. The van der Waals surface area contributed by atoms with Crippen LogP contribution in [0, 0.1) is 5.92 Å². The number of carbonyl (C=O) groups excluding carboxylic acids is 1. The summed E-state index contributed by atoms with van der Waals surface area (Å²) in [6, 6.07) is 1.83. The van der Waals surface area contributed by atoms with Crippen LogP contribution < -0.4 is 5.32 Å². The minimum absolute atomic E-state index is 0.0739. The molecule has 0 aliphatic rings. The van der Waals surface area contributed by atoms with Gasteiger partial charge >= 0.3 is 0 Å². The molecule has 0 bridgehead atoms. The highest BCUT2D eigenvalue weighted by Gasteiger charge is 2.12. The molecule has 0 saturated heterocycles. The average Bonchev–Trinajstić information content (AvgIpc) is 2.66. The summed E-state index contributed by atoms with van der Waals surface area (Å²) in [6.07, 6.45) is 3.69. The molecule has 14 heavy (non-hydrogen) atoms. The van der Waals surface area contributed by atoms with Crippen molar-refractivity contribution in [1.82, 2.24) is 5.32 Å². The van der Waals surface area contributed by atoms with Gasteiger partial charge in [-0.1, -0.05) is 13.8 Å². The van der Waals surface area contributed by atoms with Gasteiger partial charge in [-0.15, -0.1) is 0 Å². The van der Waals surface area contributed by atoms with E-state index in [0.717, 1.165) is 18.7 Å². The second kappa shape index (κ2) is 5.60. The number of carbonyl (C=O) groups is 1. The van der Waals surface area contributed by atoms with Crippen molar-refractivity contribution in [3.05, 3.63) is 24.2 Å². The third kappa shape index (κ3) is 3.34. The molecule has 1 aromatic rings. The molecule has 0 saturated carbocycles. The van der Waals surface area contributed by atoms with Crippen molar-refractivity contribution in [1.29, 1.82) is 0 Å². The van der Waals surface area contributed by atoms with E-state index in [0.29, 0.717) is 6.42 Å². The Bertz CT molecular complexity index is 267. The fraction of sp³-hybridized carbons (Fsp3) is 0.545. The Morgan fingerprint density at radius 2 is 2.43 bits per heavy atom. The Morgan fingerprint density at radius 3 is 3.00 bits per heavy atom. The van der Waals surface area contributed by atoms with E-state index in [2.05, 4.69) is 5.32 Å². The van der Waals surface area contributed by atoms with Gasteiger partial charge in [-0.05, 0) is 18.2 Å². The molecule has 1 N–H and O–H groups in total. The monoisotopic (exact) mass is 195 g/mol. The topological polar surface area (TPSA) is 42.2 Å². The van der Waals surface area contributed by atoms with E-state index < -0.39 is 0 Å². The highest BCUT2D eigenvalue weighted by atomic mass is 16.3. The largest absolute Gasteiger partial charge is 0.472 e. The van der Waals surface area contributed by atoms with E-state index in [9.17, 15) is 4.79 Å². The van der Waals surface area contributed by atoms with E-state index in [1.54, 1.807) is 12.5 Å². The van der Waals surface area contributed by atoms with Crippen LogP contribution >= 0.6 is 0 Å². The van der Waals surface area contributed by atoms with Gasteiger partial charge in [0, 0.05) is 18.9 Å². The Morgan fingerprint density at radius 1 is 1.64 bits per heavy atom. The summed E-state index contributed by atoms with van der Waals surface area (Å²) in [4.78, 5) is 11.6. The lowest BCUT2D eigenvalue weighted by Crippen LogP contribution is -2.27. The quantitative estimate of drug-likeness (QED) is 0.750. The minimum atomic E-state index is 0.0739. The second-order valence-electron chi connectivity index (χ2n) is 3.48. The maximum absolute atomic E-state index is 11.6. The van der Waals surface area contributed by atoms with E-state index in [1.807, 2.05) is 19.9 Å². The lowest BCUT2D eigenvalue weighted by Gasteiger charge is -2.09. The molecular weight excluding hydrogens is 178 g/mol. The van der Waals surface area contributed by atoms with Crippen LogP contribution in [0.4, 0.5) is 0 Å². The molecule has 0 aliphatic heterocycles. The molecule has 0 amide bonds. The minimum Gasteiger partial charge on any atom is -0.472 e. The van der Waals surface area contributed by atoms with Gasteiger partial charge in [-0.3, -0.25) is 4.79 Å². The van der Waals surface area contributed by atoms with Crippen LogP contribution in [0.3, 0.4) is 0 Å². The molecule has 78 valence electrons. The Labute approximate surface area is 84.5 Å². The molecule has 3 nitrogen and oxygen atoms in total. The number of hydrogen-bond acceptors (Lipinski definition) is 3. The Kier molecular flexibility index (Phi) is 4.40. The first-order valence-electron chi connectivity index (χ1n) is 4.98. The molecule has 1 atom stereocenters. The first-order chi connectivity index (χ1) is 6.74. The maximum Gasteiger partial charge on any atom is 0.141 e. The summed E-state index contributed by atoms with van der Waals surface area (Å²) in [5.41, 5.74) is 0.957. The summed E-state index contributed by atoms with van der Waals surface area (Å²) in [5, 5.41) is 3.16. The SMILES string of the molecule is CCNCC(C)C(=O)Cc1ccoc1. The molecule has 3 heteroatoms. The first-order valence-corrected chi connectivity index (χ1v) is 4.98. The van der Waals surface area contributed by atoms with Crippen LogP contribution in [-0.2, 0) is 11.2 Å².